The van der Waals surface area contributed by atoms with Gasteiger partial charge in [-0.15, -0.1) is 0 Å². The molecule has 0 aliphatic heterocycles. The molecule has 0 aliphatic carbocycles. The van der Waals surface area contributed by atoms with Crippen molar-refractivity contribution in [2.75, 3.05) is 5.73 Å². The van der Waals surface area contributed by atoms with Gasteiger partial charge in [0.15, 0.2) is 11.6 Å². The molecule has 0 unspecified atom stereocenters. The molecule has 0 spiro atoms. The topological polar surface area (TPSA) is 46.2 Å². The molecule has 72 valence electrons. The molecule has 0 amide bonds. The van der Waals surface area contributed by atoms with E-state index >= 15 is 0 Å². The molecule has 0 radical (unpaired) electrons. The van der Waals surface area contributed by atoms with Crippen LogP contribution >= 0.6 is 0 Å². The van der Waals surface area contributed by atoms with Gasteiger partial charge >= 0.3 is 0 Å². The molecular weight excluding hydrogens is 183 g/mol. The van der Waals surface area contributed by atoms with Crippen molar-refractivity contribution in [2.24, 2.45) is 0 Å². The number of benzene rings is 1. The second kappa shape index (κ2) is 3.26. The quantitative estimate of drug-likeness (QED) is 0.660. The molecule has 3 N–H and O–H groups in total. The van der Waals surface area contributed by atoms with E-state index in [2.05, 4.69) is 0 Å². The van der Waals surface area contributed by atoms with Crippen LogP contribution in [0.5, 0.6) is 0 Å². The number of anilines is 1. The van der Waals surface area contributed by atoms with Gasteiger partial charge in [-0.2, -0.15) is 0 Å². The van der Waals surface area contributed by atoms with Crippen molar-refractivity contribution in [1.82, 2.24) is 0 Å². The van der Waals surface area contributed by atoms with Crippen molar-refractivity contribution >= 4 is 5.69 Å². The summed E-state index contributed by atoms with van der Waals surface area (Å²) < 4.78 is 38.8. The maximum absolute atomic E-state index is 13.0. The zero-order chi connectivity index (χ0) is 10.2. The zero-order valence-corrected chi connectivity index (χ0v) is 6.87. The van der Waals surface area contributed by atoms with Crippen LogP contribution in [0.25, 0.3) is 0 Å². The lowest BCUT2D eigenvalue weighted by Gasteiger charge is -2.08. The van der Waals surface area contributed by atoms with Gasteiger partial charge in [0, 0.05) is 5.56 Å². The average Bonchev–Trinajstić information content (AvgIpc) is 2.13. The molecule has 5 heteroatoms. The Morgan fingerprint density at radius 2 is 1.69 bits per heavy atom. The second-order valence-electron chi connectivity index (χ2n) is 2.62. The lowest BCUT2D eigenvalue weighted by Crippen LogP contribution is -2.07. The second-order valence-corrected chi connectivity index (χ2v) is 2.62. The fourth-order valence-corrected chi connectivity index (χ4v) is 1.02. The number of aliphatic hydroxyl groups excluding tert-OH is 1. The van der Waals surface area contributed by atoms with E-state index in [0.717, 1.165) is 6.92 Å². The molecule has 13 heavy (non-hydrogen) atoms. The van der Waals surface area contributed by atoms with Crippen molar-refractivity contribution in [3.05, 3.63) is 28.6 Å². The summed E-state index contributed by atoms with van der Waals surface area (Å²) in [4.78, 5) is 0. The lowest BCUT2D eigenvalue weighted by atomic mass is 10.1. The van der Waals surface area contributed by atoms with Gasteiger partial charge in [0.1, 0.15) is 11.5 Å². The number of nitrogens with two attached hydrogens (primary N) is 1. The highest BCUT2D eigenvalue weighted by atomic mass is 19.1. The third-order valence-corrected chi connectivity index (χ3v) is 1.82. The zero-order valence-electron chi connectivity index (χ0n) is 6.87. The molecule has 0 aromatic heterocycles. The molecule has 0 bridgehead atoms. The molecule has 1 rings (SSSR count). The van der Waals surface area contributed by atoms with Crippen molar-refractivity contribution in [1.29, 1.82) is 0 Å². The Morgan fingerprint density at radius 1 is 1.15 bits per heavy atom. The highest BCUT2D eigenvalue weighted by molar-refractivity contribution is 5.48. The molecule has 0 heterocycles. The summed E-state index contributed by atoms with van der Waals surface area (Å²) in [7, 11) is 0. The van der Waals surface area contributed by atoms with E-state index in [1.54, 1.807) is 0 Å². The van der Waals surface area contributed by atoms with Gasteiger partial charge in [-0.3, -0.25) is 0 Å². The Hall–Kier alpha value is -1.23. The number of nitrogen functional groups attached to an aromatic ring is 1. The third-order valence-electron chi connectivity index (χ3n) is 1.82. The molecular formula is C8H8F3NO. The third kappa shape index (κ3) is 1.35. The summed E-state index contributed by atoms with van der Waals surface area (Å²) in [5.41, 5.74) is 3.25. The normalized spacial score (nSPS) is 10.5. The summed E-state index contributed by atoms with van der Waals surface area (Å²) in [6.07, 6.45) is 0. The molecule has 1 aromatic carbocycles. The summed E-state index contributed by atoms with van der Waals surface area (Å²) in [5.74, 6) is -3.44. The Morgan fingerprint density at radius 3 is 2.15 bits per heavy atom. The average molecular weight is 191 g/mol. The predicted octanol–water partition coefficient (Wildman–Crippen LogP) is 1.49. The van der Waals surface area contributed by atoms with E-state index in [9.17, 15) is 13.2 Å². The molecule has 0 saturated carbocycles. The van der Waals surface area contributed by atoms with Crippen molar-refractivity contribution < 1.29 is 18.3 Å². The standard InChI is InChI=1S/C8H8F3NO/c1-3-5(9)4(2-13)7(11)8(12)6(3)10/h13H,2,12H2,1H3. The summed E-state index contributed by atoms with van der Waals surface area (Å²) in [6.45, 7) is 0.280. The van der Waals surface area contributed by atoms with Crippen LogP contribution in [0, 0.1) is 24.4 Å². The first-order valence-electron chi connectivity index (χ1n) is 3.53. The van der Waals surface area contributed by atoms with Crippen LogP contribution in [-0.4, -0.2) is 5.11 Å². The molecule has 2 nitrogen and oxygen atoms in total. The predicted molar refractivity (Wildman–Crippen MR) is 41.4 cm³/mol. The maximum atomic E-state index is 13.0. The van der Waals surface area contributed by atoms with E-state index in [4.69, 9.17) is 10.8 Å². The summed E-state index contributed by atoms with van der Waals surface area (Å²) in [6, 6.07) is 0. The molecule has 0 fully saturated rings. The first-order valence-corrected chi connectivity index (χ1v) is 3.53. The number of rotatable bonds is 1. The van der Waals surface area contributed by atoms with E-state index in [1.165, 1.54) is 0 Å². The van der Waals surface area contributed by atoms with Crippen LogP contribution in [0.2, 0.25) is 0 Å². The fourth-order valence-electron chi connectivity index (χ4n) is 1.02. The van der Waals surface area contributed by atoms with Gasteiger partial charge < -0.3 is 10.8 Å². The van der Waals surface area contributed by atoms with E-state index in [-0.39, 0.29) is 5.56 Å². The van der Waals surface area contributed by atoms with Crippen LogP contribution in [0.3, 0.4) is 0 Å². The summed E-state index contributed by atoms with van der Waals surface area (Å²) in [5, 5.41) is 8.58. The van der Waals surface area contributed by atoms with Gasteiger partial charge in [0.25, 0.3) is 0 Å². The Labute approximate surface area is 72.8 Å². The van der Waals surface area contributed by atoms with Crippen molar-refractivity contribution in [2.45, 2.75) is 13.5 Å². The summed E-state index contributed by atoms with van der Waals surface area (Å²) >= 11 is 0. The minimum Gasteiger partial charge on any atom is -0.394 e. The monoisotopic (exact) mass is 191 g/mol. The molecule has 0 saturated heterocycles. The minimum atomic E-state index is -1.23. The van der Waals surface area contributed by atoms with Gasteiger partial charge in [-0.1, -0.05) is 0 Å². The van der Waals surface area contributed by atoms with Crippen molar-refractivity contribution in [3.8, 4) is 0 Å². The minimum absolute atomic E-state index is 0.386. The molecule has 0 aliphatic rings. The van der Waals surface area contributed by atoms with Gasteiger partial charge in [-0.05, 0) is 6.92 Å². The Balaban J connectivity index is 3.56. The smallest absolute Gasteiger partial charge is 0.157 e. The largest absolute Gasteiger partial charge is 0.394 e. The van der Waals surface area contributed by atoms with Crippen LogP contribution < -0.4 is 5.73 Å². The highest BCUT2D eigenvalue weighted by Crippen LogP contribution is 2.26. The van der Waals surface area contributed by atoms with E-state index in [0.29, 0.717) is 0 Å². The lowest BCUT2D eigenvalue weighted by molar-refractivity contribution is 0.268. The van der Waals surface area contributed by atoms with Gasteiger partial charge in [0.2, 0.25) is 0 Å². The van der Waals surface area contributed by atoms with Crippen LogP contribution in [0.15, 0.2) is 0 Å². The Kier molecular flexibility index (Phi) is 2.47. The van der Waals surface area contributed by atoms with Crippen LogP contribution in [-0.2, 0) is 6.61 Å². The van der Waals surface area contributed by atoms with E-state index < -0.39 is 35.3 Å². The SMILES string of the molecule is Cc1c(F)c(N)c(F)c(CO)c1F. The van der Waals surface area contributed by atoms with E-state index in [1.807, 2.05) is 0 Å². The first kappa shape index (κ1) is 9.85. The molecule has 1 aromatic rings. The van der Waals surface area contributed by atoms with Crippen LogP contribution in [0.1, 0.15) is 11.1 Å². The van der Waals surface area contributed by atoms with Gasteiger partial charge in [0.05, 0.1) is 12.2 Å². The maximum Gasteiger partial charge on any atom is 0.157 e. The fraction of sp³-hybridized carbons (Fsp3) is 0.250. The Bertz CT molecular complexity index is 323. The van der Waals surface area contributed by atoms with Crippen molar-refractivity contribution in [3.63, 3.8) is 0 Å². The van der Waals surface area contributed by atoms with Gasteiger partial charge in [-0.25, -0.2) is 13.2 Å². The van der Waals surface area contributed by atoms with Crippen LogP contribution in [0.4, 0.5) is 18.9 Å². The number of halogens is 3. The molecule has 0 atom stereocenters. The first-order chi connectivity index (χ1) is 6.00. The number of aliphatic hydroxyl groups is 1. The number of hydrogen-bond acceptors (Lipinski definition) is 2. The highest BCUT2D eigenvalue weighted by Gasteiger charge is 2.19. The number of hydrogen-bond donors (Lipinski definition) is 2.